The van der Waals surface area contributed by atoms with Crippen molar-refractivity contribution in [2.24, 2.45) is 0 Å². The molecule has 0 aromatic heterocycles. The van der Waals surface area contributed by atoms with Crippen molar-refractivity contribution in [1.82, 2.24) is 0 Å². The van der Waals surface area contributed by atoms with Crippen LogP contribution < -0.4 is 14.2 Å². The third-order valence-electron chi connectivity index (χ3n) is 5.74. The average Bonchev–Trinajstić information content (AvgIpc) is 2.88. The van der Waals surface area contributed by atoms with Crippen LogP contribution in [0.25, 0.3) is 11.1 Å². The van der Waals surface area contributed by atoms with E-state index in [4.69, 9.17) is 18.9 Å². The van der Waals surface area contributed by atoms with Crippen molar-refractivity contribution in [2.75, 3.05) is 20.8 Å². The fourth-order valence-electron chi connectivity index (χ4n) is 3.64. The summed E-state index contributed by atoms with van der Waals surface area (Å²) in [5.74, 6) is 2.28. The molecule has 5 nitrogen and oxygen atoms in total. The smallest absolute Gasteiger partial charge is 0.306 e. The number of hydrogen-bond donors (Lipinski definition) is 0. The Morgan fingerprint density at radius 1 is 0.912 bits per heavy atom. The number of carbonyl (C=O) groups excluding carboxylic acids is 1. The molecule has 0 saturated heterocycles. The predicted molar refractivity (Wildman–Crippen MR) is 135 cm³/mol. The van der Waals surface area contributed by atoms with Gasteiger partial charge < -0.3 is 18.9 Å². The van der Waals surface area contributed by atoms with Crippen LogP contribution in [0.2, 0.25) is 0 Å². The minimum Gasteiger partial charge on any atom is -0.497 e. The molecule has 180 valence electrons. The number of rotatable bonds is 12. The summed E-state index contributed by atoms with van der Waals surface area (Å²) in [6.07, 6.45) is 2.41. The van der Waals surface area contributed by atoms with E-state index in [0.717, 1.165) is 52.3 Å². The Morgan fingerprint density at radius 2 is 1.71 bits per heavy atom. The normalized spacial score (nSPS) is 11.5. The van der Waals surface area contributed by atoms with Crippen LogP contribution in [-0.2, 0) is 16.1 Å². The van der Waals surface area contributed by atoms with Gasteiger partial charge in [0, 0.05) is 5.56 Å². The molecule has 0 spiro atoms. The summed E-state index contributed by atoms with van der Waals surface area (Å²) in [6, 6.07) is 22.1. The predicted octanol–water partition coefficient (Wildman–Crippen LogP) is 6.79. The highest BCUT2D eigenvalue weighted by atomic mass is 16.5. The van der Waals surface area contributed by atoms with Crippen molar-refractivity contribution < 1.29 is 23.7 Å². The maximum absolute atomic E-state index is 11.6. The van der Waals surface area contributed by atoms with Gasteiger partial charge in [0.2, 0.25) is 0 Å². The van der Waals surface area contributed by atoms with Gasteiger partial charge >= 0.3 is 5.97 Å². The molecular formula is C29H34O5. The summed E-state index contributed by atoms with van der Waals surface area (Å²) >= 11 is 0. The van der Waals surface area contributed by atoms with E-state index in [9.17, 15) is 4.79 Å². The third-order valence-corrected chi connectivity index (χ3v) is 5.74. The van der Waals surface area contributed by atoms with Crippen LogP contribution in [-0.4, -0.2) is 26.8 Å². The molecule has 3 rings (SSSR count). The van der Waals surface area contributed by atoms with Crippen molar-refractivity contribution in [2.45, 2.75) is 45.6 Å². The summed E-state index contributed by atoms with van der Waals surface area (Å²) in [5, 5.41) is 0. The standard InChI is InChI=1S/C29H34O5/c1-5-6-16-33-28-18-22(10-15-27(28)23-11-13-25(31-3)14-12-23)20-34-26-9-7-8-24(19-26)21(2)17-29(30)32-4/h7-15,18-19,21H,5-6,16-17,20H2,1-4H3/t21-/m0/s1. The summed E-state index contributed by atoms with van der Waals surface area (Å²) in [4.78, 5) is 11.6. The number of benzene rings is 3. The SMILES string of the molecule is CCCCOc1cc(COc2cccc([C@@H](C)CC(=O)OC)c2)ccc1-c1ccc(OC)cc1. The number of hydrogen-bond acceptors (Lipinski definition) is 5. The zero-order valence-electron chi connectivity index (χ0n) is 20.5. The van der Waals surface area contributed by atoms with Crippen LogP contribution >= 0.6 is 0 Å². The summed E-state index contributed by atoms with van der Waals surface area (Å²) < 4.78 is 22.3. The summed E-state index contributed by atoms with van der Waals surface area (Å²) in [6.45, 7) is 5.25. The molecule has 0 amide bonds. The molecule has 0 aliphatic heterocycles. The minimum atomic E-state index is -0.216. The van der Waals surface area contributed by atoms with Gasteiger partial charge in [0.05, 0.1) is 27.2 Å². The van der Waals surface area contributed by atoms with Crippen LogP contribution in [0.3, 0.4) is 0 Å². The molecule has 0 fully saturated rings. The van der Waals surface area contributed by atoms with Crippen LogP contribution in [0, 0.1) is 0 Å². The molecule has 3 aromatic rings. The van der Waals surface area contributed by atoms with E-state index in [1.54, 1.807) is 7.11 Å². The molecule has 0 radical (unpaired) electrons. The quantitative estimate of drug-likeness (QED) is 0.219. The lowest BCUT2D eigenvalue weighted by atomic mass is 9.98. The van der Waals surface area contributed by atoms with E-state index >= 15 is 0 Å². The summed E-state index contributed by atoms with van der Waals surface area (Å²) in [5.41, 5.74) is 4.19. The first-order chi connectivity index (χ1) is 16.5. The molecule has 0 saturated carbocycles. The Morgan fingerprint density at radius 3 is 2.41 bits per heavy atom. The van der Waals surface area contributed by atoms with Gasteiger partial charge in [-0.05, 0) is 59.4 Å². The van der Waals surface area contributed by atoms with Crippen LogP contribution in [0.5, 0.6) is 17.2 Å². The van der Waals surface area contributed by atoms with Crippen LogP contribution in [0.4, 0.5) is 0 Å². The average molecular weight is 463 g/mol. The van der Waals surface area contributed by atoms with E-state index in [2.05, 4.69) is 25.1 Å². The highest BCUT2D eigenvalue weighted by Crippen LogP contribution is 2.33. The molecule has 0 aliphatic carbocycles. The highest BCUT2D eigenvalue weighted by Gasteiger charge is 2.13. The van der Waals surface area contributed by atoms with E-state index in [-0.39, 0.29) is 11.9 Å². The Bertz CT molecular complexity index is 1060. The van der Waals surface area contributed by atoms with Gasteiger partial charge in [0.25, 0.3) is 0 Å². The lowest BCUT2D eigenvalue weighted by Gasteiger charge is -2.15. The van der Waals surface area contributed by atoms with Crippen LogP contribution in [0.1, 0.15) is 50.2 Å². The lowest BCUT2D eigenvalue weighted by molar-refractivity contribution is -0.140. The second kappa shape index (κ2) is 12.7. The van der Waals surface area contributed by atoms with Gasteiger partial charge in [-0.2, -0.15) is 0 Å². The number of unbranched alkanes of at least 4 members (excludes halogenated alkanes) is 1. The van der Waals surface area contributed by atoms with Crippen molar-refractivity contribution in [1.29, 1.82) is 0 Å². The van der Waals surface area contributed by atoms with E-state index < -0.39 is 0 Å². The number of esters is 1. The molecule has 34 heavy (non-hydrogen) atoms. The molecule has 0 bridgehead atoms. The lowest BCUT2D eigenvalue weighted by Crippen LogP contribution is -2.06. The van der Waals surface area contributed by atoms with Gasteiger partial charge in [-0.3, -0.25) is 4.79 Å². The van der Waals surface area contributed by atoms with Crippen molar-refractivity contribution >= 4 is 5.97 Å². The molecule has 1 atom stereocenters. The van der Waals surface area contributed by atoms with Gasteiger partial charge in [-0.1, -0.05) is 56.7 Å². The maximum Gasteiger partial charge on any atom is 0.306 e. The van der Waals surface area contributed by atoms with Crippen molar-refractivity contribution in [3.63, 3.8) is 0 Å². The maximum atomic E-state index is 11.6. The molecular weight excluding hydrogens is 428 g/mol. The number of methoxy groups -OCH3 is 2. The van der Waals surface area contributed by atoms with Crippen molar-refractivity contribution in [3.8, 4) is 28.4 Å². The van der Waals surface area contributed by atoms with Crippen molar-refractivity contribution in [3.05, 3.63) is 77.9 Å². The Kier molecular flexibility index (Phi) is 9.39. The first-order valence-corrected chi connectivity index (χ1v) is 11.7. The fourth-order valence-corrected chi connectivity index (χ4v) is 3.64. The van der Waals surface area contributed by atoms with E-state index in [1.807, 2.05) is 55.5 Å². The highest BCUT2D eigenvalue weighted by molar-refractivity contribution is 5.71. The first kappa shape index (κ1) is 25.2. The molecule has 3 aromatic carbocycles. The first-order valence-electron chi connectivity index (χ1n) is 11.7. The van der Waals surface area contributed by atoms with Crippen LogP contribution in [0.15, 0.2) is 66.7 Å². The van der Waals surface area contributed by atoms with E-state index in [1.165, 1.54) is 7.11 Å². The Balaban J connectivity index is 1.75. The topological polar surface area (TPSA) is 54.0 Å². The van der Waals surface area contributed by atoms with Gasteiger partial charge in [0.15, 0.2) is 0 Å². The van der Waals surface area contributed by atoms with Gasteiger partial charge in [-0.25, -0.2) is 0 Å². The number of ether oxygens (including phenoxy) is 4. The minimum absolute atomic E-state index is 0.0540. The van der Waals surface area contributed by atoms with Gasteiger partial charge in [-0.15, -0.1) is 0 Å². The largest absolute Gasteiger partial charge is 0.497 e. The monoisotopic (exact) mass is 462 g/mol. The molecule has 0 heterocycles. The number of carbonyl (C=O) groups is 1. The second-order valence-electron chi connectivity index (χ2n) is 8.30. The van der Waals surface area contributed by atoms with E-state index in [0.29, 0.717) is 19.6 Å². The molecule has 5 heteroatoms. The zero-order valence-corrected chi connectivity index (χ0v) is 20.5. The Labute approximate surface area is 202 Å². The summed E-state index contributed by atoms with van der Waals surface area (Å²) in [7, 11) is 3.08. The fraction of sp³-hybridized carbons (Fsp3) is 0.345. The molecule has 0 aliphatic rings. The molecule has 0 unspecified atom stereocenters. The molecule has 0 N–H and O–H groups in total. The third kappa shape index (κ3) is 7.01. The Hall–Kier alpha value is -3.47. The van der Waals surface area contributed by atoms with Gasteiger partial charge in [0.1, 0.15) is 23.9 Å². The zero-order chi connectivity index (χ0) is 24.3. The second-order valence-corrected chi connectivity index (χ2v) is 8.30.